The van der Waals surface area contributed by atoms with E-state index in [2.05, 4.69) is 14.8 Å². The third-order valence-electron chi connectivity index (χ3n) is 3.26. The van der Waals surface area contributed by atoms with Gasteiger partial charge in [0.1, 0.15) is 0 Å². The van der Waals surface area contributed by atoms with Gasteiger partial charge in [0.15, 0.2) is 0 Å². The van der Waals surface area contributed by atoms with Crippen LogP contribution in [0.25, 0.3) is 10.8 Å². The SMILES string of the molecule is CC(C)OP(=O)([O-])OCCCNC(=O)Cc1cc2ccccc2cn1. The van der Waals surface area contributed by atoms with E-state index >= 15 is 0 Å². The number of fused-ring (bicyclic) bond motifs is 1. The van der Waals surface area contributed by atoms with E-state index < -0.39 is 13.9 Å². The molecule has 1 unspecified atom stereocenters. The maximum absolute atomic E-state index is 11.9. The zero-order valence-corrected chi connectivity index (χ0v) is 15.2. The summed E-state index contributed by atoms with van der Waals surface area (Å²) in [5.74, 6) is -0.175. The van der Waals surface area contributed by atoms with E-state index in [-0.39, 0.29) is 18.9 Å². The molecule has 8 heteroatoms. The first-order valence-electron chi connectivity index (χ1n) is 8.10. The molecular weight excluding hydrogens is 343 g/mol. The first kappa shape index (κ1) is 19.5. The summed E-state index contributed by atoms with van der Waals surface area (Å²) in [6, 6.07) is 9.68. The smallest absolute Gasteiger partial charge is 0.268 e. The molecule has 0 aliphatic carbocycles. The number of nitrogens with zero attached hydrogens (tertiary/aromatic N) is 1. The average molecular weight is 365 g/mol. The number of carbonyl (C=O) groups excluding carboxylic acids is 1. The summed E-state index contributed by atoms with van der Waals surface area (Å²) in [6.07, 6.45) is 1.82. The van der Waals surface area contributed by atoms with E-state index in [1.54, 1.807) is 20.0 Å². The first-order chi connectivity index (χ1) is 11.9. The normalized spacial score (nSPS) is 13.8. The van der Waals surface area contributed by atoms with Crippen LogP contribution in [0.3, 0.4) is 0 Å². The lowest BCUT2D eigenvalue weighted by Gasteiger charge is -2.24. The van der Waals surface area contributed by atoms with Gasteiger partial charge in [0.25, 0.3) is 7.82 Å². The molecule has 1 N–H and O–H groups in total. The highest BCUT2D eigenvalue weighted by Gasteiger charge is 2.11. The molecule has 1 atom stereocenters. The second-order valence-corrected chi connectivity index (χ2v) is 7.20. The summed E-state index contributed by atoms with van der Waals surface area (Å²) >= 11 is 0. The molecule has 2 rings (SSSR count). The standard InChI is InChI=1S/C17H23N2O5P/c1-13(2)24-25(21,22)23-9-5-8-18-17(20)11-16-10-14-6-3-4-7-15(14)12-19-16/h3-4,6-7,10,12-13H,5,8-9,11H2,1-2H3,(H,18,20)(H,21,22)/p-1. The minimum atomic E-state index is -4.26. The van der Waals surface area contributed by atoms with E-state index in [1.165, 1.54) is 0 Å². The Balaban J connectivity index is 1.71. The number of hydrogen-bond acceptors (Lipinski definition) is 6. The Morgan fingerprint density at radius 3 is 2.76 bits per heavy atom. The van der Waals surface area contributed by atoms with Crippen LogP contribution in [-0.4, -0.2) is 30.1 Å². The maximum atomic E-state index is 11.9. The maximum Gasteiger partial charge on any atom is 0.268 e. The summed E-state index contributed by atoms with van der Waals surface area (Å²) < 4.78 is 20.7. The van der Waals surface area contributed by atoms with Crippen molar-refractivity contribution in [2.75, 3.05) is 13.2 Å². The van der Waals surface area contributed by atoms with Crippen molar-refractivity contribution in [3.63, 3.8) is 0 Å². The number of rotatable bonds is 9. The average Bonchev–Trinajstić information content (AvgIpc) is 2.53. The molecular formula is C17H22N2O5P-. The van der Waals surface area contributed by atoms with Gasteiger partial charge in [-0.05, 0) is 31.7 Å². The number of amides is 1. The molecule has 0 radical (unpaired) electrons. The minimum Gasteiger partial charge on any atom is -0.756 e. The third kappa shape index (κ3) is 6.92. The fourth-order valence-electron chi connectivity index (χ4n) is 2.22. The van der Waals surface area contributed by atoms with Crippen molar-refractivity contribution in [3.05, 3.63) is 42.2 Å². The third-order valence-corrected chi connectivity index (χ3v) is 4.44. The van der Waals surface area contributed by atoms with E-state index in [0.29, 0.717) is 18.7 Å². The van der Waals surface area contributed by atoms with Crippen molar-refractivity contribution in [1.29, 1.82) is 0 Å². The molecule has 1 aromatic heterocycles. The fraction of sp³-hybridized carbons (Fsp3) is 0.412. The molecule has 0 spiro atoms. The van der Waals surface area contributed by atoms with Crippen LogP contribution in [0.2, 0.25) is 0 Å². The van der Waals surface area contributed by atoms with E-state index in [0.717, 1.165) is 10.8 Å². The van der Waals surface area contributed by atoms with Gasteiger partial charge in [0.2, 0.25) is 5.91 Å². The van der Waals surface area contributed by atoms with Crippen molar-refractivity contribution in [2.45, 2.75) is 32.8 Å². The van der Waals surface area contributed by atoms with Crippen LogP contribution in [0.1, 0.15) is 26.0 Å². The van der Waals surface area contributed by atoms with Crippen LogP contribution < -0.4 is 10.2 Å². The highest BCUT2D eigenvalue weighted by Crippen LogP contribution is 2.39. The van der Waals surface area contributed by atoms with Crippen molar-refractivity contribution >= 4 is 24.5 Å². The monoisotopic (exact) mass is 365 g/mol. The summed E-state index contributed by atoms with van der Waals surface area (Å²) in [7, 11) is -4.26. The van der Waals surface area contributed by atoms with Gasteiger partial charge in [0.05, 0.1) is 24.8 Å². The molecule has 0 bridgehead atoms. The number of nitrogens with one attached hydrogen (secondary N) is 1. The van der Waals surface area contributed by atoms with Crippen molar-refractivity contribution in [3.8, 4) is 0 Å². The largest absolute Gasteiger partial charge is 0.756 e. The molecule has 0 saturated heterocycles. The highest BCUT2D eigenvalue weighted by molar-refractivity contribution is 7.45. The van der Waals surface area contributed by atoms with Crippen LogP contribution in [0, 0.1) is 0 Å². The van der Waals surface area contributed by atoms with Crippen molar-refractivity contribution < 1.29 is 23.3 Å². The quantitative estimate of drug-likeness (QED) is 0.540. The number of phosphoric ester groups is 1. The number of benzene rings is 1. The summed E-state index contributed by atoms with van der Waals surface area (Å²) in [6.45, 7) is 3.49. The number of carbonyl (C=O) groups is 1. The Kier molecular flexibility index (Phi) is 7.08. The Morgan fingerprint density at radius 1 is 1.32 bits per heavy atom. The number of hydrogen-bond donors (Lipinski definition) is 1. The van der Waals surface area contributed by atoms with Crippen LogP contribution in [0.15, 0.2) is 36.5 Å². The van der Waals surface area contributed by atoms with E-state index in [9.17, 15) is 14.3 Å². The predicted octanol–water partition coefficient (Wildman–Crippen LogP) is 2.19. The van der Waals surface area contributed by atoms with Gasteiger partial charge in [-0.15, -0.1) is 0 Å². The number of pyridine rings is 1. The predicted molar refractivity (Wildman–Crippen MR) is 92.9 cm³/mol. The van der Waals surface area contributed by atoms with Gasteiger partial charge in [-0.3, -0.25) is 14.3 Å². The van der Waals surface area contributed by atoms with Gasteiger partial charge >= 0.3 is 0 Å². The first-order valence-corrected chi connectivity index (χ1v) is 9.56. The van der Waals surface area contributed by atoms with Crippen LogP contribution in [-0.2, 0) is 24.8 Å². The lowest BCUT2D eigenvalue weighted by Crippen LogP contribution is -2.27. The summed E-state index contributed by atoms with van der Waals surface area (Å²) in [5, 5.41) is 4.77. The topological polar surface area (TPSA) is 101 Å². The lowest BCUT2D eigenvalue weighted by molar-refractivity contribution is -0.228. The molecule has 7 nitrogen and oxygen atoms in total. The molecule has 136 valence electrons. The molecule has 0 fully saturated rings. The molecule has 25 heavy (non-hydrogen) atoms. The van der Waals surface area contributed by atoms with Gasteiger partial charge in [-0.2, -0.15) is 0 Å². The molecule has 1 amide bonds. The molecule has 2 aromatic rings. The van der Waals surface area contributed by atoms with Crippen molar-refractivity contribution in [2.24, 2.45) is 0 Å². The Morgan fingerprint density at radius 2 is 2.04 bits per heavy atom. The van der Waals surface area contributed by atoms with Crippen LogP contribution >= 0.6 is 7.82 Å². The zero-order valence-electron chi connectivity index (χ0n) is 14.3. The molecule has 0 saturated carbocycles. The van der Waals surface area contributed by atoms with E-state index in [4.69, 9.17) is 4.52 Å². The fourth-order valence-corrected chi connectivity index (χ4v) is 3.15. The van der Waals surface area contributed by atoms with Gasteiger partial charge in [-0.1, -0.05) is 24.3 Å². The van der Waals surface area contributed by atoms with E-state index in [1.807, 2.05) is 30.3 Å². The molecule has 0 aliphatic rings. The summed E-state index contributed by atoms with van der Waals surface area (Å²) in [5.41, 5.74) is 0.682. The van der Waals surface area contributed by atoms with Gasteiger partial charge in [0, 0.05) is 18.1 Å². The highest BCUT2D eigenvalue weighted by atomic mass is 31.2. The minimum absolute atomic E-state index is 0.0397. The molecule has 1 heterocycles. The molecule has 1 aromatic carbocycles. The lowest BCUT2D eigenvalue weighted by atomic mass is 10.1. The molecule has 0 aliphatic heterocycles. The van der Waals surface area contributed by atoms with Gasteiger partial charge in [-0.25, -0.2) is 0 Å². The number of phosphoric acid groups is 1. The second-order valence-electron chi connectivity index (χ2n) is 5.84. The number of aromatic nitrogens is 1. The summed E-state index contributed by atoms with van der Waals surface area (Å²) in [4.78, 5) is 27.6. The Bertz CT molecular complexity index is 766. The van der Waals surface area contributed by atoms with Gasteiger partial charge < -0.3 is 19.3 Å². The van der Waals surface area contributed by atoms with Crippen molar-refractivity contribution in [1.82, 2.24) is 10.3 Å². The van der Waals surface area contributed by atoms with Crippen LogP contribution in [0.4, 0.5) is 0 Å². The Hall–Kier alpha value is -1.79. The van der Waals surface area contributed by atoms with Crippen LogP contribution in [0.5, 0.6) is 0 Å². The Labute approximate surface area is 147 Å². The zero-order chi connectivity index (χ0) is 18.3. The second kappa shape index (κ2) is 9.06.